The van der Waals surface area contributed by atoms with Crippen LogP contribution in [0.1, 0.15) is 19.8 Å². The third kappa shape index (κ3) is 8.23. The molecular formula is C9H16F3NO2. The second kappa shape index (κ2) is 6.66. The Labute approximate surface area is 87.2 Å². The summed E-state index contributed by atoms with van der Waals surface area (Å²) in [7, 11) is 1.22. The minimum absolute atomic E-state index is 0.00736. The smallest absolute Gasteiger partial charge is 0.401 e. The minimum atomic E-state index is -4.22. The first-order valence-corrected chi connectivity index (χ1v) is 4.75. The Morgan fingerprint density at radius 1 is 1.33 bits per heavy atom. The highest BCUT2D eigenvalue weighted by Crippen LogP contribution is 2.16. The zero-order valence-electron chi connectivity index (χ0n) is 8.93. The first kappa shape index (κ1) is 14.2. The van der Waals surface area contributed by atoms with Crippen LogP contribution in [0.3, 0.4) is 0 Å². The van der Waals surface area contributed by atoms with Crippen molar-refractivity contribution in [1.29, 1.82) is 0 Å². The van der Waals surface area contributed by atoms with E-state index in [1.807, 2.05) is 0 Å². The van der Waals surface area contributed by atoms with E-state index in [-0.39, 0.29) is 13.0 Å². The molecule has 0 spiro atoms. The van der Waals surface area contributed by atoms with Gasteiger partial charge >= 0.3 is 12.1 Å². The van der Waals surface area contributed by atoms with Crippen molar-refractivity contribution in [2.24, 2.45) is 0 Å². The zero-order valence-corrected chi connectivity index (χ0v) is 8.93. The number of hydrogen-bond donors (Lipinski definition) is 0. The van der Waals surface area contributed by atoms with Gasteiger partial charge < -0.3 is 4.74 Å². The van der Waals surface area contributed by atoms with Gasteiger partial charge in [-0.3, -0.25) is 9.69 Å². The number of rotatable bonds is 6. The van der Waals surface area contributed by atoms with Crippen LogP contribution in [0.25, 0.3) is 0 Å². The molecule has 0 N–H and O–H groups in total. The Kier molecular flexibility index (Phi) is 6.31. The topological polar surface area (TPSA) is 29.5 Å². The second-order valence-corrected chi connectivity index (χ2v) is 3.22. The van der Waals surface area contributed by atoms with E-state index in [2.05, 4.69) is 4.74 Å². The van der Waals surface area contributed by atoms with Gasteiger partial charge in [-0.25, -0.2) is 0 Å². The highest BCUT2D eigenvalue weighted by atomic mass is 19.4. The number of carbonyl (C=O) groups is 1. The van der Waals surface area contributed by atoms with Gasteiger partial charge in [-0.2, -0.15) is 13.2 Å². The lowest BCUT2D eigenvalue weighted by molar-refractivity contribution is -0.150. The predicted molar refractivity (Wildman–Crippen MR) is 49.4 cm³/mol. The van der Waals surface area contributed by atoms with E-state index >= 15 is 0 Å². The Hall–Kier alpha value is -0.780. The van der Waals surface area contributed by atoms with Crippen LogP contribution in [0.15, 0.2) is 0 Å². The fraction of sp³-hybridized carbons (Fsp3) is 0.889. The molecule has 0 fully saturated rings. The van der Waals surface area contributed by atoms with E-state index in [4.69, 9.17) is 0 Å². The Bertz CT molecular complexity index is 194. The van der Waals surface area contributed by atoms with Crippen LogP contribution in [0.2, 0.25) is 0 Å². The molecule has 15 heavy (non-hydrogen) atoms. The average Bonchev–Trinajstić information content (AvgIpc) is 2.11. The van der Waals surface area contributed by atoms with Crippen LogP contribution < -0.4 is 0 Å². The zero-order chi connectivity index (χ0) is 11.9. The molecule has 0 rings (SSSR count). The van der Waals surface area contributed by atoms with Crippen molar-refractivity contribution in [2.45, 2.75) is 25.9 Å². The van der Waals surface area contributed by atoms with Gasteiger partial charge in [-0.15, -0.1) is 0 Å². The number of nitrogens with zero attached hydrogens (tertiary/aromatic N) is 1. The van der Waals surface area contributed by atoms with Crippen molar-refractivity contribution in [3.05, 3.63) is 0 Å². The van der Waals surface area contributed by atoms with Gasteiger partial charge in [0, 0.05) is 6.54 Å². The van der Waals surface area contributed by atoms with Crippen molar-refractivity contribution >= 4 is 5.97 Å². The van der Waals surface area contributed by atoms with Crippen LogP contribution in [0.4, 0.5) is 13.2 Å². The fourth-order valence-corrected chi connectivity index (χ4v) is 1.19. The maximum Gasteiger partial charge on any atom is 0.401 e. The van der Waals surface area contributed by atoms with Gasteiger partial charge in [0.25, 0.3) is 0 Å². The summed E-state index contributed by atoms with van der Waals surface area (Å²) in [5.41, 5.74) is 0. The van der Waals surface area contributed by atoms with Crippen LogP contribution in [-0.2, 0) is 9.53 Å². The van der Waals surface area contributed by atoms with Gasteiger partial charge in [0.15, 0.2) is 0 Å². The quantitative estimate of drug-likeness (QED) is 0.648. The fourth-order valence-electron chi connectivity index (χ4n) is 1.19. The highest BCUT2D eigenvalue weighted by Gasteiger charge is 2.30. The normalized spacial score (nSPS) is 11.9. The summed E-state index contributed by atoms with van der Waals surface area (Å²) in [5.74, 6) is -0.488. The van der Waals surface area contributed by atoms with Crippen LogP contribution in [0.5, 0.6) is 0 Å². The molecule has 0 aliphatic rings. The Balaban J connectivity index is 3.99. The maximum absolute atomic E-state index is 12.1. The van der Waals surface area contributed by atoms with Crippen LogP contribution in [-0.4, -0.2) is 43.8 Å². The van der Waals surface area contributed by atoms with E-state index < -0.39 is 18.7 Å². The summed E-state index contributed by atoms with van der Waals surface area (Å²) in [6.45, 7) is 1.23. The molecule has 0 radical (unpaired) electrons. The van der Waals surface area contributed by atoms with Gasteiger partial charge in [0.05, 0.1) is 20.1 Å². The van der Waals surface area contributed by atoms with Crippen molar-refractivity contribution in [2.75, 3.05) is 26.7 Å². The summed E-state index contributed by atoms with van der Waals surface area (Å²) in [6, 6.07) is 0. The molecule has 0 aromatic carbocycles. The molecule has 0 bridgehead atoms. The van der Waals surface area contributed by atoms with Crippen molar-refractivity contribution in [3.63, 3.8) is 0 Å². The van der Waals surface area contributed by atoms with Crippen molar-refractivity contribution in [1.82, 2.24) is 4.90 Å². The molecule has 0 atom stereocenters. The molecular weight excluding hydrogens is 211 g/mol. The number of halogens is 3. The molecule has 0 heterocycles. The SMILES string of the molecule is CCCN(CCC(=O)OC)CC(F)(F)F. The monoisotopic (exact) mass is 227 g/mol. The van der Waals surface area contributed by atoms with Gasteiger partial charge in [0.1, 0.15) is 0 Å². The third-order valence-electron chi connectivity index (χ3n) is 1.80. The lowest BCUT2D eigenvalue weighted by atomic mass is 10.3. The summed E-state index contributed by atoms with van der Waals surface area (Å²) >= 11 is 0. The van der Waals surface area contributed by atoms with Gasteiger partial charge in [0.2, 0.25) is 0 Å². The molecule has 0 aliphatic carbocycles. The lowest BCUT2D eigenvalue weighted by Crippen LogP contribution is -2.36. The number of esters is 1. The lowest BCUT2D eigenvalue weighted by Gasteiger charge is -2.22. The van der Waals surface area contributed by atoms with E-state index in [0.29, 0.717) is 13.0 Å². The molecule has 0 aromatic heterocycles. The molecule has 0 saturated carbocycles. The molecule has 0 aliphatic heterocycles. The standard InChI is InChI=1S/C9H16F3NO2/c1-3-5-13(7-9(10,11)12)6-4-8(14)15-2/h3-7H2,1-2H3. The Morgan fingerprint density at radius 2 is 1.93 bits per heavy atom. The summed E-state index contributed by atoms with van der Waals surface area (Å²) in [4.78, 5) is 12.0. The van der Waals surface area contributed by atoms with Gasteiger partial charge in [-0.1, -0.05) is 6.92 Å². The van der Waals surface area contributed by atoms with Gasteiger partial charge in [-0.05, 0) is 13.0 Å². The molecule has 6 heteroatoms. The number of ether oxygens (including phenoxy) is 1. The molecule has 0 unspecified atom stereocenters. The number of alkyl halides is 3. The van der Waals surface area contributed by atoms with Crippen molar-refractivity contribution < 1.29 is 22.7 Å². The Morgan fingerprint density at radius 3 is 2.33 bits per heavy atom. The molecule has 0 aromatic rings. The molecule has 3 nitrogen and oxygen atoms in total. The van der Waals surface area contributed by atoms with Crippen molar-refractivity contribution in [3.8, 4) is 0 Å². The number of carbonyl (C=O) groups excluding carboxylic acids is 1. The first-order chi connectivity index (χ1) is 6.89. The average molecular weight is 227 g/mol. The highest BCUT2D eigenvalue weighted by molar-refractivity contribution is 5.69. The number of methoxy groups -OCH3 is 1. The van der Waals surface area contributed by atoms with E-state index in [0.717, 1.165) is 0 Å². The third-order valence-corrected chi connectivity index (χ3v) is 1.80. The molecule has 0 saturated heterocycles. The maximum atomic E-state index is 12.1. The summed E-state index contributed by atoms with van der Waals surface area (Å²) < 4.78 is 40.6. The second-order valence-electron chi connectivity index (χ2n) is 3.22. The molecule has 90 valence electrons. The molecule has 0 amide bonds. The van der Waals surface area contributed by atoms with E-state index in [1.165, 1.54) is 12.0 Å². The number of hydrogen-bond acceptors (Lipinski definition) is 3. The summed E-state index contributed by atoms with van der Waals surface area (Å²) in [5, 5.41) is 0. The van der Waals surface area contributed by atoms with Crippen LogP contribution in [0, 0.1) is 0 Å². The van der Waals surface area contributed by atoms with E-state index in [1.54, 1.807) is 6.92 Å². The van der Waals surface area contributed by atoms with E-state index in [9.17, 15) is 18.0 Å². The minimum Gasteiger partial charge on any atom is -0.469 e. The first-order valence-electron chi connectivity index (χ1n) is 4.75. The predicted octanol–water partition coefficient (Wildman–Crippen LogP) is 1.82. The largest absolute Gasteiger partial charge is 0.469 e. The van der Waals surface area contributed by atoms with Crippen LogP contribution >= 0.6 is 0 Å². The summed E-state index contributed by atoms with van der Waals surface area (Å²) in [6.07, 6.45) is -3.60.